The molecule has 1 heterocycles. The van der Waals surface area contributed by atoms with Gasteiger partial charge in [-0.25, -0.2) is 0 Å². The molecular weight excluding hydrogens is 226 g/mol. The minimum absolute atomic E-state index is 0.0563. The molecule has 4 heteroatoms. The summed E-state index contributed by atoms with van der Waals surface area (Å²) in [5.74, 6) is 0.690. The molecule has 0 atom stereocenters. The van der Waals surface area contributed by atoms with Crippen molar-refractivity contribution in [3.05, 3.63) is 22.7 Å². The quantitative estimate of drug-likeness (QED) is 0.699. The lowest BCUT2D eigenvalue weighted by Gasteiger charge is -2.27. The second kappa shape index (κ2) is 5.21. The Morgan fingerprint density at radius 3 is 2.62 bits per heavy atom. The number of benzene rings is 1. The summed E-state index contributed by atoms with van der Waals surface area (Å²) in [6, 6.07) is 3.56. The third kappa shape index (κ3) is 2.30. The second-order valence-electron chi connectivity index (χ2n) is 3.31. The number of ether oxygens (including phenoxy) is 1. The average molecular weight is 242 g/mol. The highest BCUT2D eigenvalue weighted by Gasteiger charge is 2.23. The lowest BCUT2D eigenvalue weighted by molar-refractivity contribution is -0.120. The van der Waals surface area contributed by atoms with Crippen molar-refractivity contribution in [3.8, 4) is 5.75 Å². The van der Waals surface area contributed by atoms with E-state index in [9.17, 15) is 4.79 Å². The van der Waals surface area contributed by atoms with Crippen LogP contribution in [0.3, 0.4) is 0 Å². The molecule has 0 saturated heterocycles. The van der Waals surface area contributed by atoms with Gasteiger partial charge in [0.05, 0.1) is 5.69 Å². The Bertz CT molecular complexity index is 404. The zero-order chi connectivity index (χ0) is 12.3. The predicted octanol–water partition coefficient (Wildman–Crippen LogP) is 3.03. The Morgan fingerprint density at radius 1 is 1.38 bits per heavy atom. The van der Waals surface area contributed by atoms with Crippen molar-refractivity contribution in [1.29, 1.82) is 0 Å². The summed E-state index contributed by atoms with van der Waals surface area (Å²) < 4.78 is 5.34. The third-order valence-corrected chi connectivity index (χ3v) is 2.51. The van der Waals surface area contributed by atoms with Crippen LogP contribution in [0.15, 0.2) is 12.1 Å². The number of rotatable bonds is 0. The van der Waals surface area contributed by atoms with E-state index in [-0.39, 0.29) is 12.5 Å². The highest BCUT2D eigenvalue weighted by Crippen LogP contribution is 2.36. The number of carbonyl (C=O) groups excluding carboxylic acids is 1. The summed E-state index contributed by atoms with van der Waals surface area (Å²) in [5, 5.41) is 0.617. The fourth-order valence-electron chi connectivity index (χ4n) is 1.51. The average Bonchev–Trinajstić information content (AvgIpc) is 2.27. The van der Waals surface area contributed by atoms with E-state index in [0.717, 1.165) is 17.0 Å². The lowest BCUT2D eigenvalue weighted by Crippen LogP contribution is -2.35. The van der Waals surface area contributed by atoms with Gasteiger partial charge in [0.1, 0.15) is 5.75 Å². The van der Waals surface area contributed by atoms with Gasteiger partial charge in [-0.05, 0) is 24.6 Å². The van der Waals surface area contributed by atoms with E-state index in [0.29, 0.717) is 5.02 Å². The van der Waals surface area contributed by atoms with Crippen molar-refractivity contribution < 1.29 is 9.53 Å². The summed E-state index contributed by atoms with van der Waals surface area (Å²) in [5.41, 5.74) is 1.69. The monoisotopic (exact) mass is 241 g/mol. The van der Waals surface area contributed by atoms with E-state index < -0.39 is 0 Å². The molecule has 1 aromatic rings. The van der Waals surface area contributed by atoms with Crippen LogP contribution in [0.1, 0.15) is 19.4 Å². The summed E-state index contributed by atoms with van der Waals surface area (Å²) in [4.78, 5) is 12.9. The van der Waals surface area contributed by atoms with Gasteiger partial charge >= 0.3 is 0 Å². The van der Waals surface area contributed by atoms with Gasteiger partial charge in [-0.2, -0.15) is 0 Å². The molecule has 1 aliphatic rings. The summed E-state index contributed by atoms with van der Waals surface area (Å²) in [7, 11) is 1.72. The molecule has 0 bridgehead atoms. The van der Waals surface area contributed by atoms with E-state index in [4.69, 9.17) is 16.3 Å². The number of likely N-dealkylation sites (N-methyl/N-ethyl adjacent to an activating group) is 1. The van der Waals surface area contributed by atoms with Gasteiger partial charge in [0.25, 0.3) is 5.91 Å². The molecule has 16 heavy (non-hydrogen) atoms. The maximum Gasteiger partial charge on any atom is 0.264 e. The Hall–Kier alpha value is -1.22. The van der Waals surface area contributed by atoms with Crippen LogP contribution in [0.4, 0.5) is 5.69 Å². The fraction of sp³-hybridized carbons (Fsp3) is 0.417. The molecule has 1 amide bonds. The van der Waals surface area contributed by atoms with Gasteiger partial charge in [0, 0.05) is 12.1 Å². The molecule has 0 N–H and O–H groups in total. The first-order valence-electron chi connectivity index (χ1n) is 5.29. The van der Waals surface area contributed by atoms with Crippen LogP contribution in [0.25, 0.3) is 0 Å². The van der Waals surface area contributed by atoms with Crippen molar-refractivity contribution >= 4 is 23.2 Å². The summed E-state index contributed by atoms with van der Waals surface area (Å²) in [6.07, 6.45) is 0. The number of hydrogen-bond donors (Lipinski definition) is 0. The van der Waals surface area contributed by atoms with Crippen molar-refractivity contribution in [1.82, 2.24) is 0 Å². The van der Waals surface area contributed by atoms with Crippen molar-refractivity contribution in [3.63, 3.8) is 0 Å². The molecule has 0 spiro atoms. The summed E-state index contributed by atoms with van der Waals surface area (Å²) in [6.45, 7) is 6.01. The molecule has 0 saturated carbocycles. The Labute approximate surface area is 101 Å². The van der Waals surface area contributed by atoms with Crippen LogP contribution in [0.2, 0.25) is 5.02 Å². The predicted molar refractivity (Wildman–Crippen MR) is 66.4 cm³/mol. The van der Waals surface area contributed by atoms with E-state index in [1.165, 1.54) is 0 Å². The number of aryl methyl sites for hydroxylation is 1. The molecule has 2 rings (SSSR count). The second-order valence-corrected chi connectivity index (χ2v) is 3.75. The third-order valence-electron chi connectivity index (χ3n) is 2.30. The molecule has 88 valence electrons. The number of carbonyl (C=O) groups is 1. The number of amides is 1. The van der Waals surface area contributed by atoms with Gasteiger partial charge in [0.15, 0.2) is 6.61 Å². The minimum atomic E-state index is -0.0563. The molecule has 0 aromatic heterocycles. The topological polar surface area (TPSA) is 29.5 Å². The minimum Gasteiger partial charge on any atom is -0.481 e. The van der Waals surface area contributed by atoms with E-state index in [1.54, 1.807) is 18.0 Å². The van der Waals surface area contributed by atoms with Crippen LogP contribution in [0, 0.1) is 6.92 Å². The highest BCUT2D eigenvalue weighted by molar-refractivity contribution is 6.31. The van der Waals surface area contributed by atoms with Crippen LogP contribution in [0.5, 0.6) is 5.75 Å². The highest BCUT2D eigenvalue weighted by atomic mass is 35.5. The summed E-state index contributed by atoms with van der Waals surface area (Å²) >= 11 is 5.90. The Kier molecular flexibility index (Phi) is 4.19. The van der Waals surface area contributed by atoms with Crippen molar-refractivity contribution in [2.75, 3.05) is 18.6 Å². The zero-order valence-corrected chi connectivity index (χ0v) is 10.8. The fourth-order valence-corrected chi connectivity index (χ4v) is 1.78. The molecule has 0 aliphatic carbocycles. The van der Waals surface area contributed by atoms with Crippen LogP contribution in [-0.2, 0) is 4.79 Å². The molecule has 0 fully saturated rings. The van der Waals surface area contributed by atoms with Gasteiger partial charge in [-0.15, -0.1) is 0 Å². The largest absolute Gasteiger partial charge is 0.481 e. The van der Waals surface area contributed by atoms with E-state index in [2.05, 4.69) is 0 Å². The maximum atomic E-state index is 11.3. The number of hydrogen-bond acceptors (Lipinski definition) is 2. The molecular formula is C12H16ClNO2. The van der Waals surface area contributed by atoms with Crippen molar-refractivity contribution in [2.24, 2.45) is 0 Å². The molecule has 0 unspecified atom stereocenters. The normalized spacial score (nSPS) is 13.6. The first-order valence-corrected chi connectivity index (χ1v) is 5.67. The van der Waals surface area contributed by atoms with E-state index in [1.807, 2.05) is 26.8 Å². The molecule has 1 aromatic carbocycles. The van der Waals surface area contributed by atoms with Gasteiger partial charge in [0.2, 0.25) is 0 Å². The molecule has 0 radical (unpaired) electrons. The molecule has 1 aliphatic heterocycles. The van der Waals surface area contributed by atoms with E-state index >= 15 is 0 Å². The van der Waals surface area contributed by atoms with Gasteiger partial charge in [-0.1, -0.05) is 25.4 Å². The number of anilines is 1. The standard InChI is InChI=1S/C10H10ClNO2.C2H6/c1-6-3-7(11)4-8-10(6)14-5-9(13)12(8)2;1-2/h3-4H,5H2,1-2H3;1-2H3. The zero-order valence-electron chi connectivity index (χ0n) is 10.0. The molecule has 3 nitrogen and oxygen atoms in total. The van der Waals surface area contributed by atoms with Crippen LogP contribution < -0.4 is 9.64 Å². The Morgan fingerprint density at radius 2 is 2.00 bits per heavy atom. The van der Waals surface area contributed by atoms with Crippen molar-refractivity contribution in [2.45, 2.75) is 20.8 Å². The SMILES string of the molecule is CC.Cc1cc(Cl)cc2c1OCC(=O)N2C. The van der Waals surface area contributed by atoms with Gasteiger partial charge < -0.3 is 9.64 Å². The maximum absolute atomic E-state index is 11.3. The first kappa shape index (κ1) is 12.8. The Balaban J connectivity index is 0.000000606. The smallest absolute Gasteiger partial charge is 0.264 e. The number of halogens is 1. The number of fused-ring (bicyclic) bond motifs is 1. The van der Waals surface area contributed by atoms with Crippen LogP contribution >= 0.6 is 11.6 Å². The number of nitrogens with zero attached hydrogens (tertiary/aromatic N) is 1. The lowest BCUT2D eigenvalue weighted by atomic mass is 10.1. The first-order chi connectivity index (χ1) is 7.59. The van der Waals surface area contributed by atoms with Crippen LogP contribution in [-0.4, -0.2) is 19.6 Å². The van der Waals surface area contributed by atoms with Gasteiger partial charge in [-0.3, -0.25) is 4.79 Å².